The van der Waals surface area contributed by atoms with Crippen molar-refractivity contribution in [3.05, 3.63) is 101 Å². The molecule has 3 aromatic rings. The summed E-state index contributed by atoms with van der Waals surface area (Å²) in [4.78, 5) is 4.80. The third kappa shape index (κ3) is 7.61. The summed E-state index contributed by atoms with van der Waals surface area (Å²) in [5.74, 6) is 1.03. The Kier molecular flexibility index (Phi) is 9.65. The van der Waals surface area contributed by atoms with E-state index in [0.717, 1.165) is 67.5 Å². The van der Waals surface area contributed by atoms with Crippen LogP contribution in [0.25, 0.3) is 6.08 Å². The molecular formula is C30H34F2N2O3. The van der Waals surface area contributed by atoms with Gasteiger partial charge >= 0.3 is 0 Å². The summed E-state index contributed by atoms with van der Waals surface area (Å²) in [7, 11) is 3.33. The number of piperazine rings is 1. The zero-order chi connectivity index (χ0) is 26.0. The van der Waals surface area contributed by atoms with Crippen LogP contribution in [0.3, 0.4) is 0 Å². The van der Waals surface area contributed by atoms with Crippen LogP contribution in [0.4, 0.5) is 8.78 Å². The Bertz CT molecular complexity index is 1100. The summed E-state index contributed by atoms with van der Waals surface area (Å²) in [5.41, 5.74) is 2.68. The Morgan fingerprint density at radius 2 is 1.38 bits per heavy atom. The summed E-state index contributed by atoms with van der Waals surface area (Å²) >= 11 is 0. The fourth-order valence-electron chi connectivity index (χ4n) is 4.45. The van der Waals surface area contributed by atoms with Gasteiger partial charge in [-0.2, -0.15) is 0 Å². The van der Waals surface area contributed by atoms with Gasteiger partial charge in [0.2, 0.25) is 0 Å². The van der Waals surface area contributed by atoms with Crippen molar-refractivity contribution in [3.8, 4) is 11.5 Å². The van der Waals surface area contributed by atoms with E-state index < -0.39 is 0 Å². The van der Waals surface area contributed by atoms with Crippen LogP contribution in [0.5, 0.6) is 11.5 Å². The van der Waals surface area contributed by atoms with Gasteiger partial charge in [0, 0.05) is 44.8 Å². The summed E-state index contributed by atoms with van der Waals surface area (Å²) in [6.07, 6.45) is 3.86. The predicted octanol–water partition coefficient (Wildman–Crippen LogP) is 5.42. The molecule has 1 saturated heterocycles. The molecule has 0 aliphatic carbocycles. The molecule has 0 atom stereocenters. The lowest BCUT2D eigenvalue weighted by atomic mass is 10.0. The Morgan fingerprint density at radius 1 is 0.784 bits per heavy atom. The first-order valence-electron chi connectivity index (χ1n) is 12.5. The molecule has 1 aliphatic heterocycles. The molecule has 1 heterocycles. The summed E-state index contributed by atoms with van der Waals surface area (Å²) in [6, 6.07) is 18.3. The van der Waals surface area contributed by atoms with Crippen LogP contribution in [0.1, 0.15) is 22.8 Å². The highest BCUT2D eigenvalue weighted by Crippen LogP contribution is 2.27. The van der Waals surface area contributed by atoms with Crippen LogP contribution in [0.2, 0.25) is 0 Å². The first-order chi connectivity index (χ1) is 18.1. The summed E-state index contributed by atoms with van der Waals surface area (Å²) < 4.78 is 43.9. The second kappa shape index (κ2) is 13.3. The van der Waals surface area contributed by atoms with Crippen molar-refractivity contribution in [2.45, 2.75) is 6.10 Å². The molecule has 5 nitrogen and oxygen atoms in total. The number of benzene rings is 3. The highest BCUT2D eigenvalue weighted by molar-refractivity contribution is 5.59. The molecule has 1 aliphatic rings. The number of hydrogen-bond acceptors (Lipinski definition) is 5. The molecular weight excluding hydrogens is 474 g/mol. The number of rotatable bonds is 11. The fraction of sp³-hybridized carbons (Fsp3) is 0.333. The predicted molar refractivity (Wildman–Crippen MR) is 142 cm³/mol. The molecule has 37 heavy (non-hydrogen) atoms. The molecule has 0 spiro atoms. The average Bonchev–Trinajstić information content (AvgIpc) is 2.93. The normalized spacial score (nSPS) is 14.9. The van der Waals surface area contributed by atoms with Gasteiger partial charge < -0.3 is 14.2 Å². The van der Waals surface area contributed by atoms with Crippen LogP contribution >= 0.6 is 0 Å². The van der Waals surface area contributed by atoms with Gasteiger partial charge in [-0.3, -0.25) is 9.80 Å². The van der Waals surface area contributed by atoms with E-state index in [1.807, 2.05) is 18.2 Å². The second-order valence-electron chi connectivity index (χ2n) is 9.01. The molecule has 3 aromatic carbocycles. The van der Waals surface area contributed by atoms with Crippen molar-refractivity contribution in [3.63, 3.8) is 0 Å². The third-order valence-corrected chi connectivity index (χ3v) is 6.60. The zero-order valence-corrected chi connectivity index (χ0v) is 21.4. The molecule has 0 amide bonds. The molecule has 0 N–H and O–H groups in total. The Morgan fingerprint density at radius 3 is 1.95 bits per heavy atom. The van der Waals surface area contributed by atoms with Crippen molar-refractivity contribution >= 4 is 6.08 Å². The summed E-state index contributed by atoms with van der Waals surface area (Å²) in [6.45, 7) is 6.03. The Labute approximate surface area is 217 Å². The van der Waals surface area contributed by atoms with Crippen molar-refractivity contribution < 1.29 is 23.0 Å². The van der Waals surface area contributed by atoms with Gasteiger partial charge in [0.1, 0.15) is 29.2 Å². The number of methoxy groups -OCH3 is 2. The second-order valence-corrected chi connectivity index (χ2v) is 9.01. The van der Waals surface area contributed by atoms with Crippen molar-refractivity contribution in [2.24, 2.45) is 0 Å². The van der Waals surface area contributed by atoms with Crippen LogP contribution in [0, 0.1) is 11.6 Å². The lowest BCUT2D eigenvalue weighted by Crippen LogP contribution is -2.47. The van der Waals surface area contributed by atoms with Gasteiger partial charge in [-0.25, -0.2) is 8.78 Å². The zero-order valence-electron chi connectivity index (χ0n) is 21.4. The van der Waals surface area contributed by atoms with E-state index >= 15 is 0 Å². The molecule has 7 heteroatoms. The van der Waals surface area contributed by atoms with Gasteiger partial charge in [-0.1, -0.05) is 36.4 Å². The fourth-order valence-corrected chi connectivity index (χ4v) is 4.45. The number of hydrogen-bond donors (Lipinski definition) is 0. The Balaban J connectivity index is 1.26. The van der Waals surface area contributed by atoms with Gasteiger partial charge in [0.25, 0.3) is 0 Å². The molecule has 0 saturated carbocycles. The molecule has 0 bridgehead atoms. The topological polar surface area (TPSA) is 34.2 Å². The molecule has 0 unspecified atom stereocenters. The molecule has 4 rings (SSSR count). The standard InChI is InChI=1S/C30H34F2N2O3/c1-35-28-13-14-29(36-2)25(22-28)4-3-15-33-16-18-34(19-17-33)20-21-37-30(23-5-9-26(31)10-6-23)24-7-11-27(32)12-8-24/h3-14,22,30H,15-21H2,1-2H3/b4-3+. The number of halogens is 2. The highest BCUT2D eigenvalue weighted by atomic mass is 19.1. The first-order valence-corrected chi connectivity index (χ1v) is 12.5. The van der Waals surface area contributed by atoms with E-state index in [1.165, 1.54) is 24.3 Å². The van der Waals surface area contributed by atoms with Crippen LogP contribution in [-0.2, 0) is 4.74 Å². The number of nitrogens with zero attached hydrogens (tertiary/aromatic N) is 2. The molecule has 0 radical (unpaired) electrons. The van der Waals surface area contributed by atoms with Gasteiger partial charge in [0.05, 0.1) is 20.8 Å². The van der Waals surface area contributed by atoms with Crippen LogP contribution < -0.4 is 9.47 Å². The molecule has 196 valence electrons. The van der Waals surface area contributed by atoms with Crippen molar-refractivity contribution in [1.29, 1.82) is 0 Å². The monoisotopic (exact) mass is 508 g/mol. The van der Waals surface area contributed by atoms with Crippen molar-refractivity contribution in [1.82, 2.24) is 9.80 Å². The largest absolute Gasteiger partial charge is 0.497 e. The van der Waals surface area contributed by atoms with E-state index in [2.05, 4.69) is 22.0 Å². The van der Waals surface area contributed by atoms with E-state index in [0.29, 0.717) is 6.61 Å². The maximum atomic E-state index is 13.4. The summed E-state index contributed by atoms with van der Waals surface area (Å²) in [5, 5.41) is 0. The van der Waals surface area contributed by atoms with Crippen LogP contribution in [0.15, 0.2) is 72.8 Å². The minimum absolute atomic E-state index is 0.294. The average molecular weight is 509 g/mol. The molecule has 1 fully saturated rings. The smallest absolute Gasteiger partial charge is 0.126 e. The van der Waals surface area contributed by atoms with Gasteiger partial charge in [-0.15, -0.1) is 0 Å². The maximum Gasteiger partial charge on any atom is 0.126 e. The van der Waals surface area contributed by atoms with E-state index in [9.17, 15) is 8.78 Å². The quantitative estimate of drug-likeness (QED) is 0.346. The van der Waals surface area contributed by atoms with Crippen LogP contribution in [-0.4, -0.2) is 69.9 Å². The minimum atomic E-state index is -0.374. The first kappa shape index (κ1) is 26.8. The van der Waals surface area contributed by atoms with Gasteiger partial charge in [-0.05, 0) is 53.6 Å². The van der Waals surface area contributed by atoms with Crippen molar-refractivity contribution in [2.75, 3.05) is 60.1 Å². The SMILES string of the molecule is COc1ccc(OC)c(/C=C/CN2CCN(CCOC(c3ccc(F)cc3)c3ccc(F)cc3)CC2)c1. The maximum absolute atomic E-state index is 13.4. The van der Waals surface area contributed by atoms with Gasteiger partial charge in [0.15, 0.2) is 0 Å². The highest BCUT2D eigenvalue weighted by Gasteiger charge is 2.19. The Hall–Kier alpha value is -3.26. The molecule has 0 aromatic heterocycles. The lowest BCUT2D eigenvalue weighted by molar-refractivity contribution is 0.0467. The van der Waals surface area contributed by atoms with E-state index in [1.54, 1.807) is 38.5 Å². The third-order valence-electron chi connectivity index (χ3n) is 6.60. The van der Waals surface area contributed by atoms with E-state index in [4.69, 9.17) is 14.2 Å². The van der Waals surface area contributed by atoms with E-state index in [-0.39, 0.29) is 17.7 Å². The number of ether oxygens (including phenoxy) is 3. The lowest BCUT2D eigenvalue weighted by Gasteiger charge is -2.34. The minimum Gasteiger partial charge on any atom is -0.497 e.